The molecule has 7 nitrogen and oxygen atoms in total. The SMILES string of the molecule is O=C(CSc1nc2ccccc2c(=O)n1-c1ccc(F)c(F)c1)Nc1ccc2c(c1)OCO2. The van der Waals surface area contributed by atoms with Crippen LogP contribution in [0.3, 0.4) is 0 Å². The molecule has 5 rings (SSSR count). The third-order valence-corrected chi connectivity index (χ3v) is 5.83. The molecule has 1 amide bonds. The Morgan fingerprint density at radius 2 is 1.85 bits per heavy atom. The quantitative estimate of drug-likeness (QED) is 0.351. The van der Waals surface area contributed by atoms with Crippen LogP contribution in [0.1, 0.15) is 0 Å². The number of thioether (sulfide) groups is 1. The van der Waals surface area contributed by atoms with Crippen LogP contribution in [0.15, 0.2) is 70.6 Å². The number of nitrogens with one attached hydrogen (secondary N) is 1. The molecule has 0 atom stereocenters. The van der Waals surface area contributed by atoms with E-state index in [-0.39, 0.29) is 29.3 Å². The number of aromatic nitrogens is 2. The molecule has 10 heteroatoms. The lowest BCUT2D eigenvalue weighted by molar-refractivity contribution is -0.113. The summed E-state index contributed by atoms with van der Waals surface area (Å²) < 4.78 is 39.1. The lowest BCUT2D eigenvalue weighted by atomic mass is 10.2. The molecule has 0 radical (unpaired) electrons. The predicted molar refractivity (Wildman–Crippen MR) is 119 cm³/mol. The molecule has 0 saturated carbocycles. The topological polar surface area (TPSA) is 82.5 Å². The number of halogens is 2. The molecule has 1 aliphatic heterocycles. The van der Waals surface area contributed by atoms with Crippen molar-refractivity contribution in [1.82, 2.24) is 9.55 Å². The standard InChI is InChI=1S/C23H15F2N3O4S/c24-16-7-6-14(10-17(16)25)28-22(30)15-3-1-2-4-18(15)27-23(28)33-11-21(29)26-13-5-8-19-20(9-13)32-12-31-19/h1-10H,11-12H2,(H,26,29). The second-order valence-corrected chi connectivity index (χ2v) is 8.00. The summed E-state index contributed by atoms with van der Waals surface area (Å²) in [6.07, 6.45) is 0. The lowest BCUT2D eigenvalue weighted by Crippen LogP contribution is -2.23. The van der Waals surface area contributed by atoms with Gasteiger partial charge in [-0.2, -0.15) is 0 Å². The fourth-order valence-electron chi connectivity index (χ4n) is 3.36. The van der Waals surface area contributed by atoms with Crippen LogP contribution in [-0.4, -0.2) is 28.0 Å². The van der Waals surface area contributed by atoms with Crippen LogP contribution < -0.4 is 20.3 Å². The summed E-state index contributed by atoms with van der Waals surface area (Å²) in [5.74, 6) is -1.43. The molecular weight excluding hydrogens is 452 g/mol. The van der Waals surface area contributed by atoms with Crippen molar-refractivity contribution in [1.29, 1.82) is 0 Å². The number of anilines is 1. The number of hydrogen-bond acceptors (Lipinski definition) is 6. The van der Waals surface area contributed by atoms with E-state index in [2.05, 4.69) is 10.3 Å². The summed E-state index contributed by atoms with van der Waals surface area (Å²) in [7, 11) is 0. The number of ether oxygens (including phenoxy) is 2. The van der Waals surface area contributed by atoms with E-state index < -0.39 is 17.2 Å². The first-order valence-corrected chi connectivity index (χ1v) is 10.8. The molecule has 0 bridgehead atoms. The van der Waals surface area contributed by atoms with Gasteiger partial charge in [-0.05, 0) is 36.4 Å². The number of amides is 1. The Morgan fingerprint density at radius 3 is 2.70 bits per heavy atom. The Bertz CT molecular complexity index is 1460. The van der Waals surface area contributed by atoms with Crippen LogP contribution in [0.25, 0.3) is 16.6 Å². The molecule has 0 spiro atoms. The van der Waals surface area contributed by atoms with Crippen LogP contribution in [0, 0.1) is 11.6 Å². The van der Waals surface area contributed by atoms with Gasteiger partial charge in [0, 0.05) is 17.8 Å². The smallest absolute Gasteiger partial charge is 0.266 e. The number of fused-ring (bicyclic) bond motifs is 2. The van der Waals surface area contributed by atoms with Gasteiger partial charge >= 0.3 is 0 Å². The Balaban J connectivity index is 1.45. The lowest BCUT2D eigenvalue weighted by Gasteiger charge is -2.13. The number of hydrogen-bond donors (Lipinski definition) is 1. The Hall–Kier alpha value is -3.92. The molecule has 3 aromatic carbocycles. The maximum Gasteiger partial charge on any atom is 0.266 e. The van der Waals surface area contributed by atoms with Gasteiger partial charge in [0.1, 0.15) is 0 Å². The average Bonchev–Trinajstić information content (AvgIpc) is 3.28. The van der Waals surface area contributed by atoms with Crippen LogP contribution >= 0.6 is 11.8 Å². The summed E-state index contributed by atoms with van der Waals surface area (Å²) in [6, 6.07) is 14.9. The summed E-state index contributed by atoms with van der Waals surface area (Å²) in [4.78, 5) is 30.2. The van der Waals surface area contributed by atoms with Crippen LogP contribution in [0.2, 0.25) is 0 Å². The number of benzene rings is 3. The maximum absolute atomic E-state index is 13.9. The van der Waals surface area contributed by atoms with Gasteiger partial charge in [0.25, 0.3) is 5.56 Å². The van der Waals surface area contributed by atoms with Crippen molar-refractivity contribution in [2.24, 2.45) is 0 Å². The summed E-state index contributed by atoms with van der Waals surface area (Å²) in [6.45, 7) is 0.123. The maximum atomic E-state index is 13.9. The van der Waals surface area contributed by atoms with Crippen LogP contribution in [-0.2, 0) is 4.79 Å². The minimum atomic E-state index is -1.09. The van der Waals surface area contributed by atoms with Crippen molar-refractivity contribution in [3.8, 4) is 17.2 Å². The van der Waals surface area contributed by atoms with Crippen molar-refractivity contribution in [3.63, 3.8) is 0 Å². The normalized spacial score (nSPS) is 12.2. The Morgan fingerprint density at radius 1 is 1.03 bits per heavy atom. The molecular formula is C23H15F2N3O4S. The average molecular weight is 467 g/mol. The number of carbonyl (C=O) groups is 1. The zero-order valence-corrected chi connectivity index (χ0v) is 17.7. The summed E-state index contributed by atoms with van der Waals surface area (Å²) >= 11 is 1.00. The number of nitrogens with zero attached hydrogens (tertiary/aromatic N) is 2. The highest BCUT2D eigenvalue weighted by Crippen LogP contribution is 2.34. The number of carbonyl (C=O) groups excluding carboxylic acids is 1. The fourth-order valence-corrected chi connectivity index (χ4v) is 4.18. The van der Waals surface area contributed by atoms with E-state index in [0.29, 0.717) is 28.1 Å². The van der Waals surface area contributed by atoms with Gasteiger partial charge in [-0.15, -0.1) is 0 Å². The highest BCUT2D eigenvalue weighted by atomic mass is 32.2. The highest BCUT2D eigenvalue weighted by Gasteiger charge is 2.17. The summed E-state index contributed by atoms with van der Waals surface area (Å²) in [5.41, 5.74) is 0.607. The molecule has 0 saturated heterocycles. The minimum Gasteiger partial charge on any atom is -0.454 e. The summed E-state index contributed by atoms with van der Waals surface area (Å²) in [5, 5.41) is 3.24. The first-order valence-electron chi connectivity index (χ1n) is 9.79. The molecule has 1 N–H and O–H groups in total. The largest absolute Gasteiger partial charge is 0.454 e. The van der Waals surface area contributed by atoms with Crippen molar-refractivity contribution in [2.45, 2.75) is 5.16 Å². The van der Waals surface area contributed by atoms with Gasteiger partial charge in [-0.3, -0.25) is 14.2 Å². The fraction of sp³-hybridized carbons (Fsp3) is 0.0870. The van der Waals surface area contributed by atoms with E-state index in [1.807, 2.05) is 0 Å². The Kier molecular flexibility index (Phi) is 5.43. The van der Waals surface area contributed by atoms with Gasteiger partial charge in [0.05, 0.1) is 22.3 Å². The predicted octanol–water partition coefficient (Wildman–Crippen LogP) is 4.12. The third-order valence-electron chi connectivity index (χ3n) is 4.90. The molecule has 1 aliphatic rings. The van der Waals surface area contributed by atoms with Crippen LogP contribution in [0.4, 0.5) is 14.5 Å². The van der Waals surface area contributed by atoms with E-state index in [9.17, 15) is 18.4 Å². The second kappa shape index (κ2) is 8.55. The third kappa shape index (κ3) is 4.12. The van der Waals surface area contributed by atoms with E-state index in [0.717, 1.165) is 23.9 Å². The second-order valence-electron chi connectivity index (χ2n) is 7.06. The zero-order chi connectivity index (χ0) is 22.9. The van der Waals surface area contributed by atoms with E-state index in [4.69, 9.17) is 9.47 Å². The van der Waals surface area contributed by atoms with Crippen molar-refractivity contribution in [2.75, 3.05) is 17.9 Å². The number of rotatable bonds is 5. The van der Waals surface area contributed by atoms with Gasteiger partial charge in [-0.1, -0.05) is 23.9 Å². The molecule has 2 heterocycles. The molecule has 4 aromatic rings. The molecule has 33 heavy (non-hydrogen) atoms. The molecule has 0 fully saturated rings. The van der Waals surface area contributed by atoms with Crippen molar-refractivity contribution < 1.29 is 23.0 Å². The minimum absolute atomic E-state index is 0.0805. The number of para-hydroxylation sites is 1. The first kappa shape index (κ1) is 21.0. The first-order chi connectivity index (χ1) is 16.0. The van der Waals surface area contributed by atoms with Crippen molar-refractivity contribution in [3.05, 3.63) is 82.7 Å². The van der Waals surface area contributed by atoms with Gasteiger partial charge in [0.15, 0.2) is 28.3 Å². The van der Waals surface area contributed by atoms with Gasteiger partial charge in [-0.25, -0.2) is 13.8 Å². The molecule has 0 aliphatic carbocycles. The van der Waals surface area contributed by atoms with Crippen LogP contribution in [0.5, 0.6) is 11.5 Å². The van der Waals surface area contributed by atoms with Gasteiger partial charge < -0.3 is 14.8 Å². The van der Waals surface area contributed by atoms with E-state index in [1.165, 1.54) is 10.6 Å². The van der Waals surface area contributed by atoms with E-state index in [1.54, 1.807) is 42.5 Å². The highest BCUT2D eigenvalue weighted by molar-refractivity contribution is 7.99. The molecule has 166 valence electrons. The monoisotopic (exact) mass is 467 g/mol. The van der Waals surface area contributed by atoms with E-state index >= 15 is 0 Å². The zero-order valence-electron chi connectivity index (χ0n) is 16.9. The van der Waals surface area contributed by atoms with Gasteiger partial charge in [0.2, 0.25) is 12.7 Å². The van der Waals surface area contributed by atoms with Crippen molar-refractivity contribution >= 4 is 34.3 Å². The molecule has 1 aromatic heterocycles. The molecule has 0 unspecified atom stereocenters. The Labute approximate surface area is 190 Å².